The molecule has 1 saturated carbocycles. The topological polar surface area (TPSA) is 50.4 Å². The van der Waals surface area contributed by atoms with Crippen LogP contribution in [0.4, 0.5) is 0 Å². The van der Waals surface area contributed by atoms with E-state index < -0.39 is 0 Å². The lowest BCUT2D eigenvalue weighted by atomic mass is 10.1. The molecule has 1 aliphatic carbocycles. The van der Waals surface area contributed by atoms with Crippen molar-refractivity contribution in [2.45, 2.75) is 58.8 Å². The van der Waals surface area contributed by atoms with Gasteiger partial charge in [-0.25, -0.2) is 0 Å². The third-order valence-corrected chi connectivity index (χ3v) is 3.63. The van der Waals surface area contributed by atoms with Gasteiger partial charge in [0.05, 0.1) is 0 Å². The van der Waals surface area contributed by atoms with Gasteiger partial charge in [0, 0.05) is 13.1 Å². The molecule has 94 valence electrons. The van der Waals surface area contributed by atoms with E-state index in [-0.39, 0.29) is 0 Å². The lowest BCUT2D eigenvalue weighted by molar-refractivity contribution is 0.505. The van der Waals surface area contributed by atoms with E-state index in [9.17, 15) is 0 Å². The van der Waals surface area contributed by atoms with Gasteiger partial charge in [-0.05, 0) is 31.1 Å². The van der Waals surface area contributed by atoms with E-state index in [4.69, 9.17) is 5.73 Å². The predicted molar refractivity (Wildman–Crippen MR) is 70.6 cm³/mol. The van der Waals surface area contributed by atoms with Gasteiger partial charge >= 0.3 is 0 Å². The molecule has 0 heterocycles. The van der Waals surface area contributed by atoms with Gasteiger partial charge < -0.3 is 11.1 Å². The maximum absolute atomic E-state index is 5.82. The SMILES string of the molecule is CCCCCCNC(N)=NCC1(CC)CC1. The van der Waals surface area contributed by atoms with Gasteiger partial charge in [-0.15, -0.1) is 0 Å². The van der Waals surface area contributed by atoms with Crippen LogP contribution in [0.25, 0.3) is 0 Å². The summed E-state index contributed by atoms with van der Waals surface area (Å²) in [6, 6.07) is 0. The van der Waals surface area contributed by atoms with E-state index in [2.05, 4.69) is 24.2 Å². The van der Waals surface area contributed by atoms with Crippen molar-refractivity contribution in [3.63, 3.8) is 0 Å². The van der Waals surface area contributed by atoms with Crippen LogP contribution in [0.3, 0.4) is 0 Å². The summed E-state index contributed by atoms with van der Waals surface area (Å²) < 4.78 is 0. The van der Waals surface area contributed by atoms with E-state index in [0.29, 0.717) is 11.4 Å². The van der Waals surface area contributed by atoms with Gasteiger partial charge in [0.25, 0.3) is 0 Å². The number of nitrogens with one attached hydrogen (secondary N) is 1. The molecule has 1 fully saturated rings. The molecule has 0 unspecified atom stereocenters. The highest BCUT2D eigenvalue weighted by Crippen LogP contribution is 2.48. The highest BCUT2D eigenvalue weighted by molar-refractivity contribution is 5.77. The molecule has 1 aliphatic rings. The van der Waals surface area contributed by atoms with Crippen molar-refractivity contribution in [3.05, 3.63) is 0 Å². The molecule has 3 heteroatoms. The van der Waals surface area contributed by atoms with Crippen LogP contribution >= 0.6 is 0 Å². The second-order valence-electron chi connectivity index (χ2n) is 5.04. The largest absolute Gasteiger partial charge is 0.370 e. The maximum atomic E-state index is 5.82. The molecule has 0 saturated heterocycles. The zero-order valence-corrected chi connectivity index (χ0v) is 10.9. The molecule has 0 radical (unpaired) electrons. The van der Waals surface area contributed by atoms with Crippen LogP contribution in [-0.4, -0.2) is 19.0 Å². The molecule has 3 nitrogen and oxygen atoms in total. The first-order chi connectivity index (χ1) is 7.72. The Hall–Kier alpha value is -0.730. The highest BCUT2D eigenvalue weighted by atomic mass is 15.1. The number of unbranched alkanes of at least 4 members (excludes halogenated alkanes) is 3. The van der Waals surface area contributed by atoms with Gasteiger partial charge in [0.1, 0.15) is 0 Å². The second-order valence-corrected chi connectivity index (χ2v) is 5.04. The van der Waals surface area contributed by atoms with E-state index in [1.165, 1.54) is 44.9 Å². The minimum atomic E-state index is 0.508. The molecule has 0 spiro atoms. The summed E-state index contributed by atoms with van der Waals surface area (Å²) >= 11 is 0. The molecule has 0 atom stereocenters. The van der Waals surface area contributed by atoms with Crippen molar-refractivity contribution in [2.24, 2.45) is 16.1 Å². The fourth-order valence-corrected chi connectivity index (χ4v) is 1.88. The first-order valence-electron chi connectivity index (χ1n) is 6.76. The Morgan fingerprint density at radius 2 is 2.00 bits per heavy atom. The molecule has 0 aromatic rings. The first kappa shape index (κ1) is 13.3. The van der Waals surface area contributed by atoms with E-state index in [1.54, 1.807) is 0 Å². The third kappa shape index (κ3) is 4.86. The Morgan fingerprint density at radius 1 is 1.25 bits per heavy atom. The average molecular weight is 225 g/mol. The molecule has 3 N–H and O–H groups in total. The predicted octanol–water partition coefficient (Wildman–Crippen LogP) is 2.66. The number of aliphatic imine (C=N–C) groups is 1. The van der Waals surface area contributed by atoms with Crippen LogP contribution in [-0.2, 0) is 0 Å². The van der Waals surface area contributed by atoms with Crippen molar-refractivity contribution >= 4 is 5.96 Å². The molecule has 0 aromatic carbocycles. The molecular weight excluding hydrogens is 198 g/mol. The van der Waals surface area contributed by atoms with Crippen LogP contribution < -0.4 is 11.1 Å². The molecule has 0 bridgehead atoms. The summed E-state index contributed by atoms with van der Waals surface area (Å²) in [5.41, 5.74) is 6.33. The lowest BCUT2D eigenvalue weighted by Crippen LogP contribution is -2.33. The summed E-state index contributed by atoms with van der Waals surface area (Å²) in [4.78, 5) is 4.43. The number of nitrogens with two attached hydrogens (primary N) is 1. The minimum absolute atomic E-state index is 0.508. The Bertz CT molecular complexity index is 219. The van der Waals surface area contributed by atoms with Crippen LogP contribution in [0.1, 0.15) is 58.8 Å². The van der Waals surface area contributed by atoms with Gasteiger partial charge in [0.15, 0.2) is 5.96 Å². The van der Waals surface area contributed by atoms with Gasteiger partial charge in [-0.2, -0.15) is 0 Å². The second kappa shape index (κ2) is 6.77. The summed E-state index contributed by atoms with van der Waals surface area (Å²) in [5.74, 6) is 0.635. The fraction of sp³-hybridized carbons (Fsp3) is 0.923. The minimum Gasteiger partial charge on any atom is -0.370 e. The number of nitrogens with zero attached hydrogens (tertiary/aromatic N) is 1. The molecule has 16 heavy (non-hydrogen) atoms. The average Bonchev–Trinajstić information content (AvgIpc) is 3.07. The number of guanidine groups is 1. The monoisotopic (exact) mass is 225 g/mol. The zero-order valence-electron chi connectivity index (χ0n) is 10.9. The quantitative estimate of drug-likeness (QED) is 0.379. The Morgan fingerprint density at radius 3 is 2.56 bits per heavy atom. The number of hydrogen-bond acceptors (Lipinski definition) is 1. The molecule has 1 rings (SSSR count). The third-order valence-electron chi connectivity index (χ3n) is 3.63. The highest BCUT2D eigenvalue weighted by Gasteiger charge is 2.40. The zero-order chi connectivity index (χ0) is 11.9. The molecule has 0 aromatic heterocycles. The van der Waals surface area contributed by atoms with Crippen molar-refractivity contribution in [3.8, 4) is 0 Å². The standard InChI is InChI=1S/C13H27N3/c1-3-5-6-7-10-15-12(14)16-11-13(4-2)8-9-13/h3-11H2,1-2H3,(H3,14,15,16). The van der Waals surface area contributed by atoms with Crippen LogP contribution in [0.15, 0.2) is 4.99 Å². The van der Waals surface area contributed by atoms with Crippen molar-refractivity contribution in [1.82, 2.24) is 5.32 Å². The van der Waals surface area contributed by atoms with Crippen LogP contribution in [0, 0.1) is 5.41 Å². The first-order valence-corrected chi connectivity index (χ1v) is 6.76. The summed E-state index contributed by atoms with van der Waals surface area (Å²) in [5, 5.41) is 3.19. The number of rotatable bonds is 8. The molecule has 0 amide bonds. The normalized spacial score (nSPS) is 18.5. The molecular formula is C13H27N3. The van der Waals surface area contributed by atoms with E-state index in [0.717, 1.165) is 13.1 Å². The Kier molecular flexibility index (Phi) is 5.64. The van der Waals surface area contributed by atoms with E-state index >= 15 is 0 Å². The lowest BCUT2D eigenvalue weighted by Gasteiger charge is -2.10. The van der Waals surface area contributed by atoms with Crippen molar-refractivity contribution in [2.75, 3.05) is 13.1 Å². The molecule has 0 aliphatic heterocycles. The van der Waals surface area contributed by atoms with Crippen molar-refractivity contribution < 1.29 is 0 Å². The van der Waals surface area contributed by atoms with Gasteiger partial charge in [-0.3, -0.25) is 4.99 Å². The van der Waals surface area contributed by atoms with Crippen LogP contribution in [0.2, 0.25) is 0 Å². The Balaban J connectivity index is 2.05. The van der Waals surface area contributed by atoms with Gasteiger partial charge in [-0.1, -0.05) is 33.1 Å². The van der Waals surface area contributed by atoms with Crippen molar-refractivity contribution in [1.29, 1.82) is 0 Å². The smallest absolute Gasteiger partial charge is 0.188 e. The van der Waals surface area contributed by atoms with E-state index in [1.807, 2.05) is 0 Å². The van der Waals surface area contributed by atoms with Crippen LogP contribution in [0.5, 0.6) is 0 Å². The maximum Gasteiger partial charge on any atom is 0.188 e. The van der Waals surface area contributed by atoms with Gasteiger partial charge in [0.2, 0.25) is 0 Å². The Labute approximate surface area is 99.9 Å². The fourth-order valence-electron chi connectivity index (χ4n) is 1.88. The summed E-state index contributed by atoms with van der Waals surface area (Å²) in [6.45, 7) is 6.35. The number of hydrogen-bond donors (Lipinski definition) is 2. The summed E-state index contributed by atoms with van der Waals surface area (Å²) in [7, 11) is 0. The summed E-state index contributed by atoms with van der Waals surface area (Å²) in [6.07, 6.45) is 8.98.